The first-order valence-electron chi connectivity index (χ1n) is 8.50. The number of carbonyl (C=O) groups excluding carboxylic acids is 2. The highest BCUT2D eigenvalue weighted by Crippen LogP contribution is 2.16. The van der Waals surface area contributed by atoms with Crippen molar-refractivity contribution in [2.24, 2.45) is 5.92 Å². The molecule has 5 heteroatoms. The van der Waals surface area contributed by atoms with Crippen LogP contribution in [0.5, 0.6) is 0 Å². The van der Waals surface area contributed by atoms with Gasteiger partial charge in [0.2, 0.25) is 0 Å². The summed E-state index contributed by atoms with van der Waals surface area (Å²) in [5.74, 6) is 0.508. The maximum Gasteiger partial charge on any atom is 0.321 e. The Bertz CT molecular complexity index is 508. The summed E-state index contributed by atoms with van der Waals surface area (Å²) in [6, 6.07) is 10.2. The molecule has 1 heterocycles. The molecule has 0 aromatic heterocycles. The minimum Gasteiger partial charge on any atom is -0.336 e. The fourth-order valence-electron chi connectivity index (χ4n) is 3.11. The Morgan fingerprint density at radius 2 is 1.83 bits per heavy atom. The van der Waals surface area contributed by atoms with Crippen LogP contribution >= 0.6 is 0 Å². The Balaban J connectivity index is 1.68. The average molecular weight is 318 g/mol. The number of quaternary nitrogens is 1. The molecule has 0 saturated carbocycles. The van der Waals surface area contributed by atoms with Gasteiger partial charge in [-0.2, -0.15) is 0 Å². The molecule has 3 amide bonds. The van der Waals surface area contributed by atoms with E-state index in [0.717, 1.165) is 32.4 Å². The van der Waals surface area contributed by atoms with Gasteiger partial charge in [0.15, 0.2) is 6.54 Å². The average Bonchev–Trinajstić information content (AvgIpc) is 2.49. The Kier molecular flexibility index (Phi) is 6.59. The summed E-state index contributed by atoms with van der Waals surface area (Å²) in [5, 5.41) is 5.06. The van der Waals surface area contributed by atoms with Crippen molar-refractivity contribution in [2.45, 2.75) is 39.2 Å². The third kappa shape index (κ3) is 6.40. The van der Waals surface area contributed by atoms with E-state index in [2.05, 4.69) is 34.9 Å². The van der Waals surface area contributed by atoms with Crippen molar-refractivity contribution in [3.63, 3.8) is 0 Å². The number of nitrogens with one attached hydrogen (secondary N) is 3. The van der Waals surface area contributed by atoms with Crippen molar-refractivity contribution in [1.29, 1.82) is 0 Å². The standard InChI is InChI=1S/C18H27N3O2/c1-14(2)19-18(23)20-17(22)13-21-10-8-16(9-11-21)12-15-6-4-3-5-7-15/h3-7,14,16H,8-13H2,1-2H3,(H2,19,20,22,23)/p+1. The van der Waals surface area contributed by atoms with Crippen LogP contribution in [0.25, 0.3) is 0 Å². The van der Waals surface area contributed by atoms with Gasteiger partial charge in [-0.05, 0) is 44.6 Å². The Labute approximate surface area is 138 Å². The molecule has 2 rings (SSSR count). The van der Waals surface area contributed by atoms with E-state index in [1.54, 1.807) is 0 Å². The molecule has 1 aliphatic rings. The van der Waals surface area contributed by atoms with Gasteiger partial charge in [0, 0.05) is 6.04 Å². The third-order valence-corrected chi connectivity index (χ3v) is 4.26. The summed E-state index contributed by atoms with van der Waals surface area (Å²) in [7, 11) is 0. The first-order chi connectivity index (χ1) is 11.0. The van der Waals surface area contributed by atoms with E-state index in [1.807, 2.05) is 19.9 Å². The number of imide groups is 1. The van der Waals surface area contributed by atoms with Gasteiger partial charge >= 0.3 is 6.03 Å². The number of carbonyl (C=O) groups is 2. The summed E-state index contributed by atoms with van der Waals surface area (Å²) in [5.41, 5.74) is 1.39. The number of likely N-dealkylation sites (tertiary alicyclic amines) is 1. The van der Waals surface area contributed by atoms with Gasteiger partial charge in [-0.15, -0.1) is 0 Å². The minimum atomic E-state index is -0.400. The summed E-state index contributed by atoms with van der Waals surface area (Å²) in [6.45, 7) is 6.11. The van der Waals surface area contributed by atoms with E-state index in [9.17, 15) is 9.59 Å². The second kappa shape index (κ2) is 8.67. The first-order valence-corrected chi connectivity index (χ1v) is 8.50. The molecule has 0 bridgehead atoms. The van der Waals surface area contributed by atoms with E-state index in [0.29, 0.717) is 12.5 Å². The predicted molar refractivity (Wildman–Crippen MR) is 90.2 cm³/mol. The number of piperidine rings is 1. The van der Waals surface area contributed by atoms with Crippen LogP contribution in [0.2, 0.25) is 0 Å². The SMILES string of the molecule is CC(C)NC(=O)NC(=O)C[NH+]1CCC(Cc2ccccc2)CC1. The molecule has 1 aliphatic heterocycles. The monoisotopic (exact) mass is 318 g/mol. The van der Waals surface area contributed by atoms with Crippen molar-refractivity contribution >= 4 is 11.9 Å². The van der Waals surface area contributed by atoms with Gasteiger partial charge in [-0.3, -0.25) is 10.1 Å². The fourth-order valence-corrected chi connectivity index (χ4v) is 3.11. The lowest BCUT2D eigenvalue weighted by molar-refractivity contribution is -0.898. The topological polar surface area (TPSA) is 62.6 Å². The van der Waals surface area contributed by atoms with Crippen LogP contribution in [0.4, 0.5) is 4.79 Å². The van der Waals surface area contributed by atoms with E-state index in [4.69, 9.17) is 0 Å². The molecule has 0 radical (unpaired) electrons. The van der Waals surface area contributed by atoms with E-state index in [1.165, 1.54) is 10.5 Å². The maximum absolute atomic E-state index is 11.9. The van der Waals surface area contributed by atoms with Gasteiger partial charge in [0.25, 0.3) is 5.91 Å². The molecule has 0 spiro atoms. The highest BCUT2D eigenvalue weighted by molar-refractivity contribution is 5.94. The highest BCUT2D eigenvalue weighted by atomic mass is 16.2. The van der Waals surface area contributed by atoms with Crippen LogP contribution in [0.15, 0.2) is 30.3 Å². The molecule has 1 saturated heterocycles. The molecular weight excluding hydrogens is 290 g/mol. The lowest BCUT2D eigenvalue weighted by Crippen LogP contribution is -3.14. The molecular formula is C18H28N3O2+. The largest absolute Gasteiger partial charge is 0.336 e. The van der Waals surface area contributed by atoms with E-state index >= 15 is 0 Å². The quantitative estimate of drug-likeness (QED) is 0.750. The Hall–Kier alpha value is -1.88. The summed E-state index contributed by atoms with van der Waals surface area (Å²) < 4.78 is 0. The number of hydrogen-bond acceptors (Lipinski definition) is 2. The third-order valence-electron chi connectivity index (χ3n) is 4.26. The second-order valence-corrected chi connectivity index (χ2v) is 6.74. The van der Waals surface area contributed by atoms with Gasteiger partial charge in [-0.25, -0.2) is 4.79 Å². The summed E-state index contributed by atoms with van der Waals surface area (Å²) in [6.07, 6.45) is 3.39. The van der Waals surface area contributed by atoms with Crippen molar-refractivity contribution < 1.29 is 14.5 Å². The van der Waals surface area contributed by atoms with Crippen LogP contribution in [-0.2, 0) is 11.2 Å². The van der Waals surface area contributed by atoms with E-state index < -0.39 is 6.03 Å². The van der Waals surface area contributed by atoms with Gasteiger partial charge in [0.1, 0.15) is 0 Å². The Morgan fingerprint density at radius 1 is 1.17 bits per heavy atom. The zero-order chi connectivity index (χ0) is 16.7. The first kappa shape index (κ1) is 17.5. The highest BCUT2D eigenvalue weighted by Gasteiger charge is 2.24. The molecule has 23 heavy (non-hydrogen) atoms. The lowest BCUT2D eigenvalue weighted by Gasteiger charge is -2.28. The lowest BCUT2D eigenvalue weighted by atomic mass is 9.90. The minimum absolute atomic E-state index is 0.0314. The zero-order valence-corrected chi connectivity index (χ0v) is 14.1. The predicted octanol–water partition coefficient (Wildman–Crippen LogP) is 0.758. The Morgan fingerprint density at radius 3 is 2.43 bits per heavy atom. The van der Waals surface area contributed by atoms with Crippen molar-refractivity contribution in [3.05, 3.63) is 35.9 Å². The molecule has 0 unspecified atom stereocenters. The molecule has 5 nitrogen and oxygen atoms in total. The number of urea groups is 1. The second-order valence-electron chi connectivity index (χ2n) is 6.74. The fraction of sp³-hybridized carbons (Fsp3) is 0.556. The number of rotatable bonds is 5. The van der Waals surface area contributed by atoms with Gasteiger partial charge in [-0.1, -0.05) is 30.3 Å². The smallest absolute Gasteiger partial charge is 0.321 e. The van der Waals surface area contributed by atoms with Gasteiger partial charge < -0.3 is 10.2 Å². The van der Waals surface area contributed by atoms with E-state index in [-0.39, 0.29) is 11.9 Å². The molecule has 1 fully saturated rings. The molecule has 1 aromatic rings. The summed E-state index contributed by atoms with van der Waals surface area (Å²) in [4.78, 5) is 24.7. The molecule has 0 aliphatic carbocycles. The zero-order valence-electron chi connectivity index (χ0n) is 14.1. The molecule has 3 N–H and O–H groups in total. The summed E-state index contributed by atoms with van der Waals surface area (Å²) >= 11 is 0. The van der Waals surface area contributed by atoms with Crippen LogP contribution in [0.1, 0.15) is 32.3 Å². The van der Waals surface area contributed by atoms with Crippen molar-refractivity contribution in [2.75, 3.05) is 19.6 Å². The van der Waals surface area contributed by atoms with Crippen LogP contribution in [-0.4, -0.2) is 37.6 Å². The van der Waals surface area contributed by atoms with Crippen molar-refractivity contribution in [3.8, 4) is 0 Å². The number of hydrogen-bond donors (Lipinski definition) is 3. The maximum atomic E-state index is 11.9. The van der Waals surface area contributed by atoms with Crippen LogP contribution < -0.4 is 15.5 Å². The molecule has 1 aromatic carbocycles. The molecule has 126 valence electrons. The van der Waals surface area contributed by atoms with Crippen LogP contribution in [0.3, 0.4) is 0 Å². The number of amides is 3. The molecule has 0 atom stereocenters. The normalized spacial score (nSPS) is 21.0. The van der Waals surface area contributed by atoms with Gasteiger partial charge in [0.05, 0.1) is 13.1 Å². The van der Waals surface area contributed by atoms with Crippen molar-refractivity contribution in [1.82, 2.24) is 10.6 Å². The number of benzene rings is 1. The van der Waals surface area contributed by atoms with Crippen LogP contribution in [0, 0.1) is 5.92 Å².